The average Bonchev–Trinajstić information content (AvgIpc) is 3.19. The maximum Gasteiger partial charge on any atom is 0.287 e. The van der Waals surface area contributed by atoms with Crippen LogP contribution >= 0.6 is 0 Å². The Bertz CT molecular complexity index is 735. The molecule has 1 atom stereocenters. The molecule has 0 aliphatic rings. The first-order chi connectivity index (χ1) is 10.7. The van der Waals surface area contributed by atoms with Gasteiger partial charge in [-0.25, -0.2) is 0 Å². The number of furan rings is 1. The molecule has 0 radical (unpaired) electrons. The number of hydrogen-bond donors (Lipinski definition) is 1. The summed E-state index contributed by atoms with van der Waals surface area (Å²) in [7, 11) is 0. The fourth-order valence-electron chi connectivity index (χ4n) is 2.14. The molecule has 0 fully saturated rings. The zero-order valence-electron chi connectivity index (χ0n) is 12.0. The summed E-state index contributed by atoms with van der Waals surface area (Å²) in [5.41, 5.74) is 1.06. The Morgan fingerprint density at radius 1 is 1.18 bits per heavy atom. The van der Waals surface area contributed by atoms with Gasteiger partial charge in [-0.05, 0) is 17.7 Å². The second kappa shape index (κ2) is 6.26. The smallest absolute Gasteiger partial charge is 0.287 e. The zero-order valence-corrected chi connectivity index (χ0v) is 12.0. The molecule has 0 saturated carbocycles. The van der Waals surface area contributed by atoms with Crippen LogP contribution in [0.1, 0.15) is 33.9 Å². The van der Waals surface area contributed by atoms with E-state index in [-0.39, 0.29) is 11.7 Å². The van der Waals surface area contributed by atoms with Gasteiger partial charge in [0.2, 0.25) is 11.8 Å². The van der Waals surface area contributed by atoms with Gasteiger partial charge < -0.3 is 14.2 Å². The number of aromatic nitrogens is 2. The summed E-state index contributed by atoms with van der Waals surface area (Å²) in [6.45, 7) is 1.71. The van der Waals surface area contributed by atoms with Gasteiger partial charge in [0.1, 0.15) is 6.04 Å². The highest BCUT2D eigenvalue weighted by Gasteiger charge is 2.22. The number of carbonyl (C=O) groups is 1. The molecule has 3 rings (SSSR count). The molecule has 0 spiro atoms. The molecule has 3 aromatic rings. The van der Waals surface area contributed by atoms with E-state index < -0.39 is 6.04 Å². The van der Waals surface area contributed by atoms with Crippen molar-refractivity contribution in [2.75, 3.05) is 0 Å². The van der Waals surface area contributed by atoms with Crippen molar-refractivity contribution in [3.05, 3.63) is 71.8 Å². The maximum atomic E-state index is 12.2. The summed E-state index contributed by atoms with van der Waals surface area (Å²) >= 11 is 0. The quantitative estimate of drug-likeness (QED) is 0.783. The Hall–Kier alpha value is -2.89. The van der Waals surface area contributed by atoms with Crippen molar-refractivity contribution < 1.29 is 13.6 Å². The third-order valence-electron chi connectivity index (χ3n) is 3.17. The van der Waals surface area contributed by atoms with Gasteiger partial charge in [0, 0.05) is 13.3 Å². The van der Waals surface area contributed by atoms with Gasteiger partial charge in [-0.3, -0.25) is 4.79 Å². The fourth-order valence-corrected chi connectivity index (χ4v) is 2.14. The van der Waals surface area contributed by atoms with Gasteiger partial charge >= 0.3 is 0 Å². The molecule has 1 unspecified atom stereocenters. The highest BCUT2D eigenvalue weighted by Crippen LogP contribution is 2.18. The average molecular weight is 297 g/mol. The lowest BCUT2D eigenvalue weighted by atomic mass is 10.1. The molecule has 6 heteroatoms. The third-order valence-corrected chi connectivity index (χ3v) is 3.17. The first-order valence-electron chi connectivity index (χ1n) is 6.90. The van der Waals surface area contributed by atoms with E-state index in [2.05, 4.69) is 15.5 Å². The van der Waals surface area contributed by atoms with Crippen LogP contribution in [-0.4, -0.2) is 16.1 Å². The van der Waals surface area contributed by atoms with Gasteiger partial charge in [0.25, 0.3) is 5.91 Å². The normalized spacial score (nSPS) is 12.0. The second-order valence-electron chi connectivity index (χ2n) is 4.85. The minimum absolute atomic E-state index is 0.245. The Kier molecular flexibility index (Phi) is 4.00. The molecule has 2 aromatic heterocycles. The zero-order chi connectivity index (χ0) is 15.4. The van der Waals surface area contributed by atoms with E-state index in [0.717, 1.165) is 5.56 Å². The number of amides is 1. The predicted molar refractivity (Wildman–Crippen MR) is 78.1 cm³/mol. The molecular weight excluding hydrogens is 282 g/mol. The van der Waals surface area contributed by atoms with Gasteiger partial charge in [-0.1, -0.05) is 30.3 Å². The van der Waals surface area contributed by atoms with Crippen molar-refractivity contribution in [1.29, 1.82) is 0 Å². The number of benzene rings is 1. The van der Waals surface area contributed by atoms with Crippen LogP contribution in [0, 0.1) is 6.92 Å². The standard InChI is InChI=1S/C16H15N3O3/c1-11-18-19-16(22-11)13(10-12-6-3-2-4-7-12)17-15(20)14-8-5-9-21-14/h2-9,13H,10H2,1H3,(H,17,20). The minimum atomic E-state index is -0.416. The molecule has 0 bridgehead atoms. The van der Waals surface area contributed by atoms with Crippen LogP contribution < -0.4 is 5.32 Å². The van der Waals surface area contributed by atoms with Crippen LogP contribution in [0.3, 0.4) is 0 Å². The van der Waals surface area contributed by atoms with Crippen molar-refractivity contribution in [2.45, 2.75) is 19.4 Å². The molecule has 0 aliphatic heterocycles. The Balaban J connectivity index is 1.81. The Morgan fingerprint density at radius 2 is 2.00 bits per heavy atom. The molecule has 112 valence electrons. The number of hydrogen-bond acceptors (Lipinski definition) is 5. The lowest BCUT2D eigenvalue weighted by Gasteiger charge is -2.14. The Labute approximate surface area is 127 Å². The highest BCUT2D eigenvalue weighted by atomic mass is 16.4. The third kappa shape index (κ3) is 3.22. The molecule has 0 saturated heterocycles. The van der Waals surface area contributed by atoms with E-state index in [4.69, 9.17) is 8.83 Å². The molecule has 1 aromatic carbocycles. The lowest BCUT2D eigenvalue weighted by Crippen LogP contribution is -2.30. The lowest BCUT2D eigenvalue weighted by molar-refractivity contribution is 0.0901. The molecular formula is C16H15N3O3. The van der Waals surface area contributed by atoms with Gasteiger partial charge in [-0.15, -0.1) is 10.2 Å². The van der Waals surface area contributed by atoms with E-state index in [1.807, 2.05) is 30.3 Å². The first kappa shape index (κ1) is 14.1. The van der Waals surface area contributed by atoms with Crippen molar-refractivity contribution in [1.82, 2.24) is 15.5 Å². The number of nitrogens with zero attached hydrogens (tertiary/aromatic N) is 2. The molecule has 22 heavy (non-hydrogen) atoms. The topological polar surface area (TPSA) is 81.2 Å². The summed E-state index contributed by atoms with van der Waals surface area (Å²) in [4.78, 5) is 12.2. The largest absolute Gasteiger partial charge is 0.459 e. The van der Waals surface area contributed by atoms with Crippen molar-refractivity contribution >= 4 is 5.91 Å². The molecule has 6 nitrogen and oxygen atoms in total. The van der Waals surface area contributed by atoms with Gasteiger partial charge in [0.05, 0.1) is 6.26 Å². The number of aryl methyl sites for hydroxylation is 1. The van der Waals surface area contributed by atoms with Crippen LogP contribution in [0.2, 0.25) is 0 Å². The minimum Gasteiger partial charge on any atom is -0.459 e. The van der Waals surface area contributed by atoms with E-state index in [1.54, 1.807) is 19.1 Å². The Morgan fingerprint density at radius 3 is 2.64 bits per heavy atom. The van der Waals surface area contributed by atoms with Crippen molar-refractivity contribution in [3.8, 4) is 0 Å². The second-order valence-corrected chi connectivity index (χ2v) is 4.85. The summed E-state index contributed by atoms with van der Waals surface area (Å²) in [6, 6.07) is 12.6. The fraction of sp³-hybridized carbons (Fsp3) is 0.188. The van der Waals surface area contributed by atoms with Crippen LogP contribution in [0.5, 0.6) is 0 Å². The van der Waals surface area contributed by atoms with E-state index >= 15 is 0 Å². The molecule has 1 N–H and O–H groups in total. The van der Waals surface area contributed by atoms with E-state index in [9.17, 15) is 4.79 Å². The maximum absolute atomic E-state index is 12.2. The monoisotopic (exact) mass is 297 g/mol. The van der Waals surface area contributed by atoms with Crippen molar-refractivity contribution in [2.24, 2.45) is 0 Å². The van der Waals surface area contributed by atoms with E-state index in [0.29, 0.717) is 18.2 Å². The first-order valence-corrected chi connectivity index (χ1v) is 6.90. The van der Waals surface area contributed by atoms with Crippen molar-refractivity contribution in [3.63, 3.8) is 0 Å². The van der Waals surface area contributed by atoms with E-state index in [1.165, 1.54) is 6.26 Å². The van der Waals surface area contributed by atoms with Crippen LogP contribution in [0.25, 0.3) is 0 Å². The summed E-state index contributed by atoms with van der Waals surface area (Å²) in [5.74, 6) is 0.762. The summed E-state index contributed by atoms with van der Waals surface area (Å²) < 4.78 is 10.6. The van der Waals surface area contributed by atoms with Crippen LogP contribution in [-0.2, 0) is 6.42 Å². The summed E-state index contributed by atoms with van der Waals surface area (Å²) in [5, 5.41) is 10.7. The highest BCUT2D eigenvalue weighted by molar-refractivity contribution is 5.91. The number of rotatable bonds is 5. The molecule has 2 heterocycles. The number of nitrogens with one attached hydrogen (secondary N) is 1. The molecule has 1 amide bonds. The number of carbonyl (C=O) groups excluding carboxylic acids is 1. The predicted octanol–water partition coefficient (Wildman–Crippen LogP) is 2.68. The van der Waals surface area contributed by atoms with Crippen LogP contribution in [0.15, 0.2) is 57.6 Å². The van der Waals surface area contributed by atoms with Crippen LogP contribution in [0.4, 0.5) is 0 Å². The van der Waals surface area contributed by atoms with Gasteiger partial charge in [-0.2, -0.15) is 0 Å². The summed E-state index contributed by atoms with van der Waals surface area (Å²) in [6.07, 6.45) is 2.01. The SMILES string of the molecule is Cc1nnc(C(Cc2ccccc2)NC(=O)c2ccco2)o1. The van der Waals surface area contributed by atoms with Gasteiger partial charge in [0.15, 0.2) is 5.76 Å². The molecule has 0 aliphatic carbocycles.